The van der Waals surface area contributed by atoms with Gasteiger partial charge >= 0.3 is 0 Å². The summed E-state index contributed by atoms with van der Waals surface area (Å²) in [6, 6.07) is 0. The van der Waals surface area contributed by atoms with Gasteiger partial charge in [0.1, 0.15) is 0 Å². The van der Waals surface area contributed by atoms with Gasteiger partial charge in [-0.05, 0) is 51.1 Å². The van der Waals surface area contributed by atoms with Crippen molar-refractivity contribution in [2.24, 2.45) is 11.8 Å². The minimum atomic E-state index is 0.548. The van der Waals surface area contributed by atoms with E-state index in [4.69, 9.17) is 4.74 Å². The molecule has 0 aliphatic carbocycles. The molecule has 0 aromatic carbocycles. The Balaban J connectivity index is 2.25. The highest BCUT2D eigenvalue weighted by Crippen LogP contribution is 2.23. The van der Waals surface area contributed by atoms with Gasteiger partial charge in [0, 0.05) is 6.61 Å². The van der Waals surface area contributed by atoms with E-state index in [1.54, 1.807) is 0 Å². The lowest BCUT2D eigenvalue weighted by Gasteiger charge is -2.21. The SMILES string of the molecule is CNCC(CC(C)C)CC1CCCO1. The van der Waals surface area contributed by atoms with E-state index in [0.29, 0.717) is 6.10 Å². The molecular weight excluding hydrogens is 174 g/mol. The van der Waals surface area contributed by atoms with Crippen molar-refractivity contribution in [3.63, 3.8) is 0 Å². The molecule has 1 N–H and O–H groups in total. The molecule has 0 saturated carbocycles. The molecule has 0 radical (unpaired) electrons. The summed E-state index contributed by atoms with van der Waals surface area (Å²) in [4.78, 5) is 0. The van der Waals surface area contributed by atoms with Crippen molar-refractivity contribution < 1.29 is 4.74 Å². The quantitative estimate of drug-likeness (QED) is 0.709. The minimum absolute atomic E-state index is 0.548. The third-order valence-electron chi connectivity index (χ3n) is 2.92. The van der Waals surface area contributed by atoms with E-state index in [2.05, 4.69) is 19.2 Å². The predicted octanol–water partition coefficient (Wildman–Crippen LogP) is 2.44. The molecule has 0 amide bonds. The van der Waals surface area contributed by atoms with Crippen LogP contribution in [0.4, 0.5) is 0 Å². The molecule has 2 heteroatoms. The van der Waals surface area contributed by atoms with Gasteiger partial charge in [-0.25, -0.2) is 0 Å². The zero-order chi connectivity index (χ0) is 10.4. The van der Waals surface area contributed by atoms with Crippen molar-refractivity contribution in [2.75, 3.05) is 20.2 Å². The largest absolute Gasteiger partial charge is 0.378 e. The van der Waals surface area contributed by atoms with E-state index in [-0.39, 0.29) is 0 Å². The Labute approximate surface area is 88.4 Å². The van der Waals surface area contributed by atoms with Crippen LogP contribution in [0.1, 0.15) is 39.5 Å². The van der Waals surface area contributed by atoms with Gasteiger partial charge < -0.3 is 10.1 Å². The molecular formula is C12H25NO. The molecule has 1 saturated heterocycles. The Morgan fingerprint density at radius 2 is 2.21 bits per heavy atom. The van der Waals surface area contributed by atoms with Crippen molar-refractivity contribution >= 4 is 0 Å². The summed E-state index contributed by atoms with van der Waals surface area (Å²) >= 11 is 0. The smallest absolute Gasteiger partial charge is 0.0579 e. The van der Waals surface area contributed by atoms with Crippen molar-refractivity contribution in [1.82, 2.24) is 5.32 Å². The van der Waals surface area contributed by atoms with Gasteiger partial charge in [-0.15, -0.1) is 0 Å². The Bertz CT molecular complexity index is 141. The van der Waals surface area contributed by atoms with E-state index < -0.39 is 0 Å². The van der Waals surface area contributed by atoms with Gasteiger partial charge in [0.05, 0.1) is 6.10 Å². The molecule has 2 nitrogen and oxygen atoms in total. The highest BCUT2D eigenvalue weighted by Gasteiger charge is 2.20. The van der Waals surface area contributed by atoms with Gasteiger partial charge in [0.25, 0.3) is 0 Å². The predicted molar refractivity (Wildman–Crippen MR) is 60.5 cm³/mol. The molecule has 2 atom stereocenters. The van der Waals surface area contributed by atoms with Crippen molar-refractivity contribution in [3.05, 3.63) is 0 Å². The zero-order valence-electron chi connectivity index (χ0n) is 9.88. The first kappa shape index (κ1) is 12.0. The maximum absolute atomic E-state index is 5.68. The topological polar surface area (TPSA) is 21.3 Å². The molecule has 84 valence electrons. The number of nitrogens with one attached hydrogen (secondary N) is 1. The lowest BCUT2D eigenvalue weighted by molar-refractivity contribution is 0.0863. The number of hydrogen-bond donors (Lipinski definition) is 1. The van der Waals surface area contributed by atoms with Gasteiger partial charge in [-0.1, -0.05) is 13.8 Å². The molecule has 1 heterocycles. The van der Waals surface area contributed by atoms with Crippen molar-refractivity contribution in [3.8, 4) is 0 Å². The Morgan fingerprint density at radius 1 is 1.43 bits per heavy atom. The van der Waals surface area contributed by atoms with Crippen LogP contribution in [0.5, 0.6) is 0 Å². The average Bonchev–Trinajstić information content (AvgIpc) is 2.56. The van der Waals surface area contributed by atoms with E-state index in [0.717, 1.165) is 25.0 Å². The van der Waals surface area contributed by atoms with Gasteiger partial charge in [0.15, 0.2) is 0 Å². The molecule has 14 heavy (non-hydrogen) atoms. The lowest BCUT2D eigenvalue weighted by atomic mass is 9.91. The van der Waals surface area contributed by atoms with Gasteiger partial charge in [-0.2, -0.15) is 0 Å². The van der Waals surface area contributed by atoms with Crippen LogP contribution < -0.4 is 5.32 Å². The lowest BCUT2D eigenvalue weighted by Crippen LogP contribution is -2.24. The van der Waals surface area contributed by atoms with Crippen molar-refractivity contribution in [1.29, 1.82) is 0 Å². The molecule has 1 aliphatic rings. The number of hydrogen-bond acceptors (Lipinski definition) is 2. The summed E-state index contributed by atoms with van der Waals surface area (Å²) in [5.41, 5.74) is 0. The summed E-state index contributed by atoms with van der Waals surface area (Å²) in [6.45, 7) is 6.73. The normalized spacial score (nSPS) is 24.4. The van der Waals surface area contributed by atoms with Crippen LogP contribution in [0, 0.1) is 11.8 Å². The third-order valence-corrected chi connectivity index (χ3v) is 2.92. The maximum Gasteiger partial charge on any atom is 0.0579 e. The molecule has 0 aromatic heterocycles. The maximum atomic E-state index is 5.68. The second-order valence-electron chi connectivity index (χ2n) is 4.92. The second-order valence-corrected chi connectivity index (χ2v) is 4.92. The highest BCUT2D eigenvalue weighted by molar-refractivity contribution is 4.72. The molecule has 1 fully saturated rings. The van der Waals surface area contributed by atoms with E-state index in [1.807, 2.05) is 7.05 Å². The van der Waals surface area contributed by atoms with E-state index >= 15 is 0 Å². The average molecular weight is 199 g/mol. The van der Waals surface area contributed by atoms with Crippen LogP contribution in [0.2, 0.25) is 0 Å². The van der Waals surface area contributed by atoms with Crippen LogP contribution in [0.15, 0.2) is 0 Å². The second kappa shape index (κ2) is 6.41. The van der Waals surface area contributed by atoms with Crippen LogP contribution in [0.25, 0.3) is 0 Å². The first-order chi connectivity index (χ1) is 6.72. The summed E-state index contributed by atoms with van der Waals surface area (Å²) in [5, 5.41) is 3.29. The summed E-state index contributed by atoms with van der Waals surface area (Å²) in [6.07, 6.45) is 5.66. The first-order valence-corrected chi connectivity index (χ1v) is 5.98. The first-order valence-electron chi connectivity index (χ1n) is 5.98. The summed E-state index contributed by atoms with van der Waals surface area (Å²) in [5.74, 6) is 1.60. The zero-order valence-corrected chi connectivity index (χ0v) is 9.88. The fraction of sp³-hybridized carbons (Fsp3) is 1.00. The Morgan fingerprint density at radius 3 is 2.71 bits per heavy atom. The Hall–Kier alpha value is -0.0800. The van der Waals surface area contributed by atoms with Crippen LogP contribution in [0.3, 0.4) is 0 Å². The van der Waals surface area contributed by atoms with Gasteiger partial charge in [-0.3, -0.25) is 0 Å². The van der Waals surface area contributed by atoms with E-state index in [1.165, 1.54) is 25.7 Å². The highest BCUT2D eigenvalue weighted by atomic mass is 16.5. The van der Waals surface area contributed by atoms with Gasteiger partial charge in [0.2, 0.25) is 0 Å². The summed E-state index contributed by atoms with van der Waals surface area (Å²) < 4.78 is 5.68. The molecule has 0 bridgehead atoms. The molecule has 1 rings (SSSR count). The fourth-order valence-corrected chi connectivity index (χ4v) is 2.42. The van der Waals surface area contributed by atoms with Crippen molar-refractivity contribution in [2.45, 2.75) is 45.6 Å². The number of ether oxygens (including phenoxy) is 1. The Kier molecular flexibility index (Phi) is 5.49. The van der Waals surface area contributed by atoms with E-state index in [9.17, 15) is 0 Å². The summed E-state index contributed by atoms with van der Waals surface area (Å²) in [7, 11) is 2.04. The molecule has 0 spiro atoms. The molecule has 2 unspecified atom stereocenters. The molecule has 0 aromatic rings. The standard InChI is InChI=1S/C12H25NO/c1-10(2)7-11(9-13-3)8-12-5-4-6-14-12/h10-13H,4-9H2,1-3H3. The van der Waals surface area contributed by atoms with Crippen LogP contribution >= 0.6 is 0 Å². The minimum Gasteiger partial charge on any atom is -0.378 e. The van der Waals surface area contributed by atoms with Crippen LogP contribution in [-0.2, 0) is 4.74 Å². The molecule has 1 aliphatic heterocycles. The number of rotatable bonds is 6. The fourth-order valence-electron chi connectivity index (χ4n) is 2.42. The third kappa shape index (κ3) is 4.43. The van der Waals surface area contributed by atoms with Crippen LogP contribution in [-0.4, -0.2) is 26.3 Å². The monoisotopic (exact) mass is 199 g/mol.